The highest BCUT2D eigenvalue weighted by Crippen LogP contribution is 2.34. The zero-order chi connectivity index (χ0) is 13.1. The minimum absolute atomic E-state index is 0.118. The van der Waals surface area contributed by atoms with Crippen LogP contribution >= 0.6 is 0 Å². The lowest BCUT2D eigenvalue weighted by molar-refractivity contribution is -0.145. The van der Waals surface area contributed by atoms with Crippen molar-refractivity contribution in [3.63, 3.8) is 0 Å². The number of Topliss-reactive ketones (excluding diaryl/α,β-unsaturated/α-hetero) is 1. The van der Waals surface area contributed by atoms with E-state index in [0.717, 1.165) is 25.7 Å². The Morgan fingerprint density at radius 3 is 2.12 bits per heavy atom. The quantitative estimate of drug-likeness (QED) is 0.724. The first-order chi connectivity index (χ1) is 7.79. The average molecular weight is 250 g/mol. The standard InChI is InChI=1S/C13H21F3O/c1-9(2)10-3-5-11(6-4-10)12(17)7-8-13(14,15)16/h9-11H,3-8H2,1-2H3. The van der Waals surface area contributed by atoms with E-state index in [1.807, 2.05) is 0 Å². The molecule has 1 nitrogen and oxygen atoms in total. The number of carbonyl (C=O) groups excluding carboxylic acids is 1. The van der Waals surface area contributed by atoms with Crippen LogP contribution in [0.4, 0.5) is 13.2 Å². The molecule has 1 aliphatic rings. The van der Waals surface area contributed by atoms with Crippen LogP contribution in [0.2, 0.25) is 0 Å². The van der Waals surface area contributed by atoms with Crippen molar-refractivity contribution in [3.8, 4) is 0 Å². The molecule has 1 fully saturated rings. The van der Waals surface area contributed by atoms with Crippen LogP contribution in [0.25, 0.3) is 0 Å². The second-order valence-electron chi connectivity index (χ2n) is 5.44. The maximum absolute atomic E-state index is 12.0. The number of rotatable bonds is 4. The van der Waals surface area contributed by atoms with E-state index in [1.54, 1.807) is 0 Å². The molecule has 0 aliphatic heterocycles. The molecule has 0 N–H and O–H groups in total. The molecular formula is C13H21F3O. The van der Waals surface area contributed by atoms with Crippen LogP contribution in [0.3, 0.4) is 0 Å². The summed E-state index contributed by atoms with van der Waals surface area (Å²) in [6.07, 6.45) is -1.97. The molecule has 0 aromatic rings. The maximum Gasteiger partial charge on any atom is 0.389 e. The first-order valence-corrected chi connectivity index (χ1v) is 6.39. The molecule has 0 spiro atoms. The van der Waals surface area contributed by atoms with Gasteiger partial charge in [-0.25, -0.2) is 0 Å². The molecule has 0 saturated heterocycles. The summed E-state index contributed by atoms with van der Waals surface area (Å²) in [7, 11) is 0. The lowest BCUT2D eigenvalue weighted by Gasteiger charge is -2.30. The Hall–Kier alpha value is -0.540. The molecule has 0 aromatic heterocycles. The summed E-state index contributed by atoms with van der Waals surface area (Å²) >= 11 is 0. The molecule has 0 amide bonds. The van der Waals surface area contributed by atoms with Gasteiger partial charge in [-0.2, -0.15) is 13.2 Å². The SMILES string of the molecule is CC(C)C1CCC(C(=O)CCC(F)(F)F)CC1. The highest BCUT2D eigenvalue weighted by Gasteiger charge is 2.32. The third-order valence-electron chi connectivity index (χ3n) is 3.82. The molecule has 100 valence electrons. The average Bonchev–Trinajstić information content (AvgIpc) is 2.25. The number of ketones is 1. The molecular weight excluding hydrogens is 229 g/mol. The van der Waals surface area contributed by atoms with Crippen molar-refractivity contribution in [1.29, 1.82) is 0 Å². The van der Waals surface area contributed by atoms with Gasteiger partial charge in [0.05, 0.1) is 6.42 Å². The highest BCUT2D eigenvalue weighted by atomic mass is 19.4. The summed E-state index contributed by atoms with van der Waals surface area (Å²) < 4.78 is 36.0. The number of carbonyl (C=O) groups is 1. The Morgan fingerprint density at radius 2 is 1.71 bits per heavy atom. The minimum atomic E-state index is -4.20. The first kappa shape index (κ1) is 14.5. The number of hydrogen-bond donors (Lipinski definition) is 0. The fourth-order valence-electron chi connectivity index (χ4n) is 2.58. The molecule has 1 aliphatic carbocycles. The van der Waals surface area contributed by atoms with E-state index in [2.05, 4.69) is 13.8 Å². The number of hydrogen-bond acceptors (Lipinski definition) is 1. The predicted octanol–water partition coefficient (Wildman–Crippen LogP) is 4.36. The van der Waals surface area contributed by atoms with Gasteiger partial charge in [-0.15, -0.1) is 0 Å². The van der Waals surface area contributed by atoms with Gasteiger partial charge in [-0.05, 0) is 37.5 Å². The Bertz CT molecular complexity index is 250. The van der Waals surface area contributed by atoms with Crippen LogP contribution in [-0.4, -0.2) is 12.0 Å². The van der Waals surface area contributed by atoms with Gasteiger partial charge in [0, 0.05) is 12.3 Å². The van der Waals surface area contributed by atoms with Crippen LogP contribution in [0, 0.1) is 17.8 Å². The van der Waals surface area contributed by atoms with Gasteiger partial charge >= 0.3 is 6.18 Å². The van der Waals surface area contributed by atoms with E-state index in [0.29, 0.717) is 11.8 Å². The second-order valence-corrected chi connectivity index (χ2v) is 5.44. The third-order valence-corrected chi connectivity index (χ3v) is 3.82. The van der Waals surface area contributed by atoms with Crippen LogP contribution in [0.1, 0.15) is 52.4 Å². The monoisotopic (exact) mass is 250 g/mol. The van der Waals surface area contributed by atoms with E-state index in [1.165, 1.54) is 0 Å². The first-order valence-electron chi connectivity index (χ1n) is 6.39. The Labute approximate surface area is 101 Å². The summed E-state index contributed by atoms with van der Waals surface area (Å²) in [6.45, 7) is 4.33. The van der Waals surface area contributed by atoms with E-state index < -0.39 is 12.6 Å². The molecule has 17 heavy (non-hydrogen) atoms. The summed E-state index contributed by atoms with van der Waals surface area (Å²) in [5.74, 6) is 0.944. The van der Waals surface area contributed by atoms with Gasteiger partial charge in [0.25, 0.3) is 0 Å². The van der Waals surface area contributed by atoms with Crippen molar-refractivity contribution in [2.24, 2.45) is 17.8 Å². The molecule has 0 bridgehead atoms. The lowest BCUT2D eigenvalue weighted by Crippen LogP contribution is -2.25. The topological polar surface area (TPSA) is 17.1 Å². The fraction of sp³-hybridized carbons (Fsp3) is 0.923. The molecule has 0 unspecified atom stereocenters. The van der Waals surface area contributed by atoms with Crippen molar-refractivity contribution < 1.29 is 18.0 Å². The molecule has 4 heteroatoms. The summed E-state index contributed by atoms with van der Waals surface area (Å²) in [6, 6.07) is 0. The van der Waals surface area contributed by atoms with Gasteiger partial charge in [0.2, 0.25) is 0 Å². The van der Waals surface area contributed by atoms with Crippen molar-refractivity contribution in [3.05, 3.63) is 0 Å². The third kappa shape index (κ3) is 5.09. The van der Waals surface area contributed by atoms with E-state index in [-0.39, 0.29) is 18.1 Å². The highest BCUT2D eigenvalue weighted by molar-refractivity contribution is 5.81. The summed E-state index contributed by atoms with van der Waals surface area (Å²) in [4.78, 5) is 11.6. The summed E-state index contributed by atoms with van der Waals surface area (Å²) in [5.41, 5.74) is 0. The number of alkyl halides is 3. The second kappa shape index (κ2) is 5.87. The van der Waals surface area contributed by atoms with Crippen LogP contribution in [0.15, 0.2) is 0 Å². The van der Waals surface area contributed by atoms with Crippen molar-refractivity contribution in [2.75, 3.05) is 0 Å². The molecule has 0 aromatic carbocycles. The van der Waals surface area contributed by atoms with Crippen LogP contribution < -0.4 is 0 Å². The summed E-state index contributed by atoms with van der Waals surface area (Å²) in [5, 5.41) is 0. The Morgan fingerprint density at radius 1 is 1.18 bits per heavy atom. The molecule has 0 atom stereocenters. The van der Waals surface area contributed by atoms with Crippen molar-refractivity contribution >= 4 is 5.78 Å². The molecule has 0 radical (unpaired) electrons. The van der Waals surface area contributed by atoms with Gasteiger partial charge in [-0.1, -0.05) is 13.8 Å². The lowest BCUT2D eigenvalue weighted by atomic mass is 9.75. The zero-order valence-corrected chi connectivity index (χ0v) is 10.5. The number of halogens is 3. The molecule has 1 rings (SSSR count). The van der Waals surface area contributed by atoms with E-state index in [4.69, 9.17) is 0 Å². The van der Waals surface area contributed by atoms with Crippen LogP contribution in [0.5, 0.6) is 0 Å². The van der Waals surface area contributed by atoms with Gasteiger partial charge in [-0.3, -0.25) is 4.79 Å². The van der Waals surface area contributed by atoms with E-state index in [9.17, 15) is 18.0 Å². The smallest absolute Gasteiger partial charge is 0.299 e. The van der Waals surface area contributed by atoms with Gasteiger partial charge in [0.1, 0.15) is 5.78 Å². The zero-order valence-electron chi connectivity index (χ0n) is 10.5. The fourth-order valence-corrected chi connectivity index (χ4v) is 2.58. The molecule has 1 saturated carbocycles. The largest absolute Gasteiger partial charge is 0.389 e. The van der Waals surface area contributed by atoms with Gasteiger partial charge in [0.15, 0.2) is 0 Å². The van der Waals surface area contributed by atoms with Gasteiger partial charge < -0.3 is 0 Å². The maximum atomic E-state index is 12.0. The predicted molar refractivity (Wildman–Crippen MR) is 60.6 cm³/mol. The van der Waals surface area contributed by atoms with Crippen molar-refractivity contribution in [2.45, 2.75) is 58.5 Å². The Kier molecular flexibility index (Phi) is 5.02. The molecule has 0 heterocycles. The van der Waals surface area contributed by atoms with Crippen LogP contribution in [-0.2, 0) is 4.79 Å². The van der Waals surface area contributed by atoms with Crippen molar-refractivity contribution in [1.82, 2.24) is 0 Å². The van der Waals surface area contributed by atoms with E-state index >= 15 is 0 Å². The Balaban J connectivity index is 2.31. The normalized spacial score (nSPS) is 26.2. The minimum Gasteiger partial charge on any atom is -0.299 e.